The minimum atomic E-state index is -0.565. The normalized spacial score (nSPS) is 10.9. The van der Waals surface area contributed by atoms with Gasteiger partial charge < -0.3 is 20.3 Å². The molecule has 0 bridgehead atoms. The van der Waals surface area contributed by atoms with Crippen molar-refractivity contribution in [3.05, 3.63) is 50.6 Å². The van der Waals surface area contributed by atoms with Crippen LogP contribution in [0, 0.1) is 0 Å². The van der Waals surface area contributed by atoms with Gasteiger partial charge in [0, 0.05) is 19.3 Å². The first-order chi connectivity index (χ1) is 13.5. The number of halogens is 1. The Labute approximate surface area is 182 Å². The number of ether oxygens (including phenoxy) is 1. The summed E-state index contributed by atoms with van der Waals surface area (Å²) in [5.41, 5.74) is 0.854. The number of carbonyl (C=O) groups is 3. The Bertz CT molecular complexity index is 892. The van der Waals surface area contributed by atoms with Crippen LogP contribution < -0.4 is 10.6 Å². The zero-order chi connectivity index (χ0) is 21.6. The first kappa shape index (κ1) is 22.9. The van der Waals surface area contributed by atoms with E-state index in [9.17, 15) is 14.4 Å². The second-order valence-electron chi connectivity index (χ2n) is 7.37. The fourth-order valence-corrected chi connectivity index (χ4v) is 3.62. The summed E-state index contributed by atoms with van der Waals surface area (Å²) in [7, 11) is 1.65. The van der Waals surface area contributed by atoms with E-state index in [1.165, 1.54) is 16.2 Å². The van der Waals surface area contributed by atoms with Crippen molar-refractivity contribution in [2.75, 3.05) is 18.9 Å². The van der Waals surface area contributed by atoms with E-state index in [4.69, 9.17) is 4.74 Å². The summed E-state index contributed by atoms with van der Waals surface area (Å²) < 4.78 is 6.18. The Morgan fingerprint density at radius 1 is 1.17 bits per heavy atom. The highest BCUT2D eigenvalue weighted by molar-refractivity contribution is 9.11. The lowest BCUT2D eigenvalue weighted by molar-refractivity contribution is -0.115. The van der Waals surface area contributed by atoms with E-state index >= 15 is 0 Å². The van der Waals surface area contributed by atoms with Gasteiger partial charge in [-0.3, -0.25) is 9.59 Å². The number of amides is 3. The van der Waals surface area contributed by atoms with E-state index in [0.29, 0.717) is 17.1 Å². The van der Waals surface area contributed by atoms with Crippen LogP contribution in [-0.2, 0) is 16.1 Å². The highest BCUT2D eigenvalue weighted by atomic mass is 79.9. The van der Waals surface area contributed by atoms with Crippen molar-refractivity contribution in [2.45, 2.75) is 32.9 Å². The van der Waals surface area contributed by atoms with Crippen LogP contribution in [0.15, 0.2) is 40.2 Å². The minimum absolute atomic E-state index is 0.142. The van der Waals surface area contributed by atoms with Crippen molar-refractivity contribution in [2.24, 2.45) is 0 Å². The fourth-order valence-electron chi connectivity index (χ4n) is 2.31. The predicted molar refractivity (Wildman–Crippen MR) is 117 cm³/mol. The zero-order valence-corrected chi connectivity index (χ0v) is 19.1. The van der Waals surface area contributed by atoms with Gasteiger partial charge in [-0.25, -0.2) is 4.79 Å². The molecule has 0 aliphatic heterocycles. The molecule has 0 saturated carbocycles. The average molecular weight is 482 g/mol. The number of carbonyl (C=O) groups excluding carboxylic acids is 3. The number of hydrogen-bond donors (Lipinski definition) is 2. The third-order valence-electron chi connectivity index (χ3n) is 3.54. The third-order valence-corrected chi connectivity index (χ3v) is 5.16. The first-order valence-electron chi connectivity index (χ1n) is 8.90. The second-order valence-corrected chi connectivity index (χ2v) is 9.83. The van der Waals surface area contributed by atoms with Crippen LogP contribution in [0.4, 0.5) is 10.5 Å². The molecule has 0 saturated heterocycles. The molecule has 0 aliphatic carbocycles. The molecule has 29 heavy (non-hydrogen) atoms. The molecule has 0 unspecified atom stereocenters. The Kier molecular flexibility index (Phi) is 7.80. The quantitative estimate of drug-likeness (QED) is 0.645. The zero-order valence-electron chi connectivity index (χ0n) is 16.7. The molecule has 0 spiro atoms. The van der Waals surface area contributed by atoms with Crippen LogP contribution in [0.3, 0.4) is 0 Å². The molecule has 0 fully saturated rings. The van der Waals surface area contributed by atoms with Crippen molar-refractivity contribution < 1.29 is 19.1 Å². The van der Waals surface area contributed by atoms with Crippen LogP contribution in [0.1, 0.15) is 36.0 Å². The second kappa shape index (κ2) is 9.89. The number of benzene rings is 1. The number of thiophene rings is 1. The van der Waals surface area contributed by atoms with Gasteiger partial charge in [-0.2, -0.15) is 0 Å². The number of rotatable bonds is 6. The molecule has 7 nitrogen and oxygen atoms in total. The van der Waals surface area contributed by atoms with E-state index in [1.54, 1.807) is 37.4 Å². The van der Waals surface area contributed by atoms with E-state index in [1.807, 2.05) is 26.8 Å². The lowest BCUT2D eigenvalue weighted by Crippen LogP contribution is -2.34. The molecule has 0 atom stereocenters. The van der Waals surface area contributed by atoms with Gasteiger partial charge in [0.2, 0.25) is 5.91 Å². The molecule has 2 rings (SSSR count). The third kappa shape index (κ3) is 7.86. The number of anilines is 1. The molecule has 9 heteroatoms. The summed E-state index contributed by atoms with van der Waals surface area (Å²) in [6.45, 7) is 5.62. The Morgan fingerprint density at radius 2 is 1.90 bits per heavy atom. The monoisotopic (exact) mass is 481 g/mol. The molecule has 1 heterocycles. The minimum Gasteiger partial charge on any atom is -0.444 e. The van der Waals surface area contributed by atoms with Crippen molar-refractivity contribution in [1.82, 2.24) is 10.2 Å². The van der Waals surface area contributed by atoms with Gasteiger partial charge >= 0.3 is 6.09 Å². The van der Waals surface area contributed by atoms with Crippen LogP contribution in [-0.4, -0.2) is 42.0 Å². The Balaban J connectivity index is 1.87. The molecular weight excluding hydrogens is 458 g/mol. The number of nitrogens with one attached hydrogen (secondary N) is 2. The van der Waals surface area contributed by atoms with Crippen molar-refractivity contribution in [3.8, 4) is 0 Å². The van der Waals surface area contributed by atoms with Crippen molar-refractivity contribution in [3.63, 3.8) is 0 Å². The van der Waals surface area contributed by atoms with Crippen LogP contribution in [0.2, 0.25) is 0 Å². The van der Waals surface area contributed by atoms with E-state index in [2.05, 4.69) is 26.6 Å². The SMILES string of the molecule is CN(Cc1cccc(NC(=O)CNC(=O)c2ccc(Br)s2)c1)C(=O)OC(C)(C)C. The molecular formula is C20H24BrN3O4S. The first-order valence-corrected chi connectivity index (χ1v) is 10.5. The predicted octanol–water partition coefficient (Wildman–Crippen LogP) is 4.25. The summed E-state index contributed by atoms with van der Waals surface area (Å²) in [6, 6.07) is 10.6. The van der Waals surface area contributed by atoms with E-state index in [-0.39, 0.29) is 18.4 Å². The van der Waals surface area contributed by atoms with Crippen molar-refractivity contribution in [1.29, 1.82) is 0 Å². The van der Waals surface area contributed by atoms with Gasteiger partial charge in [-0.1, -0.05) is 12.1 Å². The molecule has 156 valence electrons. The number of nitrogens with zero attached hydrogens (tertiary/aromatic N) is 1. The highest BCUT2D eigenvalue weighted by Crippen LogP contribution is 2.21. The maximum Gasteiger partial charge on any atom is 0.410 e. The summed E-state index contributed by atoms with van der Waals surface area (Å²) in [5, 5.41) is 5.33. The largest absolute Gasteiger partial charge is 0.444 e. The van der Waals surface area contributed by atoms with Crippen LogP contribution in [0.25, 0.3) is 0 Å². The highest BCUT2D eigenvalue weighted by Gasteiger charge is 2.19. The number of hydrogen-bond acceptors (Lipinski definition) is 5. The van der Waals surface area contributed by atoms with Gasteiger partial charge in [0.15, 0.2) is 0 Å². The topological polar surface area (TPSA) is 87.7 Å². The summed E-state index contributed by atoms with van der Waals surface area (Å²) >= 11 is 4.59. The molecule has 2 N–H and O–H groups in total. The van der Waals surface area contributed by atoms with Gasteiger partial charge in [0.05, 0.1) is 15.2 Å². The fraction of sp³-hybridized carbons (Fsp3) is 0.350. The average Bonchev–Trinajstić information content (AvgIpc) is 3.05. The van der Waals surface area contributed by atoms with E-state index < -0.39 is 11.7 Å². The molecule has 0 radical (unpaired) electrons. The molecule has 2 aromatic rings. The molecule has 3 amide bonds. The summed E-state index contributed by atoms with van der Waals surface area (Å²) in [4.78, 5) is 38.2. The van der Waals surface area contributed by atoms with Gasteiger partial charge in [-0.15, -0.1) is 11.3 Å². The molecule has 1 aromatic carbocycles. The standard InChI is InChI=1S/C20H24BrN3O4S/c1-20(2,3)28-19(27)24(4)12-13-6-5-7-14(10-13)23-17(25)11-22-18(26)15-8-9-16(21)29-15/h5-10H,11-12H2,1-4H3,(H,22,26)(H,23,25). The maximum atomic E-state index is 12.1. The Hall–Kier alpha value is -2.39. The lowest BCUT2D eigenvalue weighted by atomic mass is 10.2. The maximum absolute atomic E-state index is 12.1. The summed E-state index contributed by atoms with van der Waals surface area (Å²) in [6.07, 6.45) is -0.421. The van der Waals surface area contributed by atoms with Crippen LogP contribution in [0.5, 0.6) is 0 Å². The van der Waals surface area contributed by atoms with E-state index in [0.717, 1.165) is 9.35 Å². The molecule has 0 aliphatic rings. The van der Waals surface area contributed by atoms with Crippen molar-refractivity contribution >= 4 is 50.9 Å². The molecule has 1 aromatic heterocycles. The van der Waals surface area contributed by atoms with Gasteiger partial charge in [0.1, 0.15) is 5.60 Å². The van der Waals surface area contributed by atoms with Gasteiger partial charge in [0.25, 0.3) is 5.91 Å². The van der Waals surface area contributed by atoms with Crippen LogP contribution >= 0.6 is 27.3 Å². The lowest BCUT2D eigenvalue weighted by Gasteiger charge is -2.24. The van der Waals surface area contributed by atoms with Gasteiger partial charge in [-0.05, 0) is 66.5 Å². The Morgan fingerprint density at radius 3 is 2.52 bits per heavy atom. The smallest absolute Gasteiger partial charge is 0.410 e. The summed E-state index contributed by atoms with van der Waals surface area (Å²) in [5.74, 6) is -0.643.